The molecule has 1 aromatic heterocycles. The third-order valence-electron chi connectivity index (χ3n) is 2.82. The van der Waals surface area contributed by atoms with E-state index in [1.54, 1.807) is 18.0 Å². The number of methoxy groups -OCH3 is 1. The van der Waals surface area contributed by atoms with Crippen molar-refractivity contribution in [2.75, 3.05) is 13.7 Å². The van der Waals surface area contributed by atoms with Gasteiger partial charge < -0.3 is 9.84 Å². The maximum absolute atomic E-state index is 10.5. The van der Waals surface area contributed by atoms with Gasteiger partial charge in [-0.25, -0.2) is 0 Å². The Bertz CT molecular complexity index is 320. The smallest absolute Gasteiger partial charge is 0.119 e. The lowest BCUT2D eigenvalue weighted by molar-refractivity contribution is -0.0533. The van der Waals surface area contributed by atoms with E-state index < -0.39 is 5.60 Å². The fourth-order valence-electron chi connectivity index (χ4n) is 1.86. The summed E-state index contributed by atoms with van der Waals surface area (Å²) in [5.41, 5.74) is 0.0348. The van der Waals surface area contributed by atoms with E-state index >= 15 is 0 Å². The first-order valence-corrected chi connectivity index (χ1v) is 4.87. The summed E-state index contributed by atoms with van der Waals surface area (Å²) < 4.78 is 6.79. The molecule has 1 N–H and O–H groups in total. The molecule has 1 unspecified atom stereocenters. The fourth-order valence-corrected chi connectivity index (χ4v) is 1.86. The highest BCUT2D eigenvalue weighted by Crippen LogP contribution is 2.45. The van der Waals surface area contributed by atoms with Crippen molar-refractivity contribution >= 4 is 0 Å². The third kappa shape index (κ3) is 1.55. The molecule has 1 fully saturated rings. The van der Waals surface area contributed by atoms with Crippen LogP contribution in [0.15, 0.2) is 12.4 Å². The minimum absolute atomic E-state index is 0.339. The summed E-state index contributed by atoms with van der Waals surface area (Å²) in [6, 6.07) is 0. The number of rotatable bonds is 4. The first-order valence-electron chi connectivity index (χ1n) is 4.87. The second kappa shape index (κ2) is 3.37. The Morgan fingerprint density at radius 1 is 1.71 bits per heavy atom. The van der Waals surface area contributed by atoms with Crippen molar-refractivity contribution in [3.8, 4) is 0 Å². The van der Waals surface area contributed by atoms with Crippen LogP contribution in [0.1, 0.15) is 18.4 Å². The molecule has 14 heavy (non-hydrogen) atoms. The molecule has 1 saturated carbocycles. The van der Waals surface area contributed by atoms with Gasteiger partial charge in [-0.2, -0.15) is 5.10 Å². The largest absolute Gasteiger partial charge is 0.382 e. The number of aliphatic hydroxyl groups is 1. The van der Waals surface area contributed by atoms with Crippen molar-refractivity contribution in [1.82, 2.24) is 9.78 Å². The summed E-state index contributed by atoms with van der Waals surface area (Å²) >= 11 is 0. The molecule has 0 aliphatic heterocycles. The number of ether oxygens (including phenoxy) is 1. The van der Waals surface area contributed by atoms with Crippen molar-refractivity contribution < 1.29 is 9.84 Å². The number of hydrogen-bond acceptors (Lipinski definition) is 3. The maximum Gasteiger partial charge on any atom is 0.119 e. The van der Waals surface area contributed by atoms with Gasteiger partial charge in [0.2, 0.25) is 0 Å². The van der Waals surface area contributed by atoms with Crippen LogP contribution in [-0.4, -0.2) is 28.6 Å². The molecule has 1 aliphatic rings. The van der Waals surface area contributed by atoms with E-state index in [0.29, 0.717) is 12.5 Å². The average molecular weight is 196 g/mol. The molecule has 1 heterocycles. The Labute approximate surface area is 83.5 Å². The predicted octanol–water partition coefficient (Wildman–Crippen LogP) is 0.664. The lowest BCUT2D eigenvalue weighted by Crippen LogP contribution is -2.33. The standard InChI is InChI=1S/C10H16N2O2/c1-12-6-9(5-11-12)10(13,7-14-2)8-3-4-8/h5-6,8,13H,3-4,7H2,1-2H3. The molecule has 2 rings (SSSR count). The summed E-state index contributed by atoms with van der Waals surface area (Å²) in [6.07, 6.45) is 5.73. The molecular weight excluding hydrogens is 180 g/mol. The van der Waals surface area contributed by atoms with Gasteiger partial charge >= 0.3 is 0 Å². The van der Waals surface area contributed by atoms with Crippen molar-refractivity contribution in [2.24, 2.45) is 13.0 Å². The van der Waals surface area contributed by atoms with Crippen LogP contribution in [0.3, 0.4) is 0 Å². The van der Waals surface area contributed by atoms with Gasteiger partial charge in [-0.1, -0.05) is 0 Å². The van der Waals surface area contributed by atoms with E-state index in [4.69, 9.17) is 4.74 Å². The first-order chi connectivity index (χ1) is 6.66. The first kappa shape index (κ1) is 9.68. The summed E-state index contributed by atoms with van der Waals surface area (Å²) in [5.74, 6) is 0.339. The monoisotopic (exact) mass is 196 g/mol. The zero-order valence-electron chi connectivity index (χ0n) is 8.60. The Morgan fingerprint density at radius 2 is 2.43 bits per heavy atom. The van der Waals surface area contributed by atoms with Crippen LogP contribution in [0.4, 0.5) is 0 Å². The van der Waals surface area contributed by atoms with Gasteiger partial charge in [-0.05, 0) is 18.8 Å². The summed E-state index contributed by atoms with van der Waals surface area (Å²) in [5, 5.41) is 14.5. The molecule has 4 heteroatoms. The minimum atomic E-state index is -0.830. The van der Waals surface area contributed by atoms with Crippen LogP contribution in [0.5, 0.6) is 0 Å². The average Bonchev–Trinajstić information content (AvgIpc) is 2.90. The van der Waals surface area contributed by atoms with Gasteiger partial charge in [0.05, 0.1) is 12.8 Å². The molecule has 1 aromatic rings. The molecule has 4 nitrogen and oxygen atoms in total. The second-order valence-corrected chi connectivity index (χ2v) is 4.03. The Morgan fingerprint density at radius 3 is 2.86 bits per heavy atom. The van der Waals surface area contributed by atoms with Gasteiger partial charge in [-0.3, -0.25) is 4.68 Å². The number of aromatic nitrogens is 2. The fraction of sp³-hybridized carbons (Fsp3) is 0.700. The molecule has 78 valence electrons. The van der Waals surface area contributed by atoms with E-state index in [0.717, 1.165) is 18.4 Å². The third-order valence-corrected chi connectivity index (χ3v) is 2.82. The van der Waals surface area contributed by atoms with Gasteiger partial charge in [0, 0.05) is 25.9 Å². The highest BCUT2D eigenvalue weighted by molar-refractivity contribution is 5.19. The van der Waals surface area contributed by atoms with Crippen molar-refractivity contribution in [3.05, 3.63) is 18.0 Å². The van der Waals surface area contributed by atoms with E-state index in [1.807, 2.05) is 13.2 Å². The summed E-state index contributed by atoms with van der Waals surface area (Å²) in [6.45, 7) is 0.351. The lowest BCUT2D eigenvalue weighted by atomic mass is 9.92. The summed E-state index contributed by atoms with van der Waals surface area (Å²) in [4.78, 5) is 0. The van der Waals surface area contributed by atoms with Crippen molar-refractivity contribution in [2.45, 2.75) is 18.4 Å². The Balaban J connectivity index is 2.25. The number of aryl methyl sites for hydroxylation is 1. The minimum Gasteiger partial charge on any atom is -0.382 e. The topological polar surface area (TPSA) is 47.3 Å². The molecule has 0 bridgehead atoms. The van der Waals surface area contributed by atoms with E-state index in [1.165, 1.54) is 0 Å². The maximum atomic E-state index is 10.5. The van der Waals surface area contributed by atoms with E-state index in [-0.39, 0.29) is 0 Å². The van der Waals surface area contributed by atoms with Gasteiger partial charge in [-0.15, -0.1) is 0 Å². The number of nitrogens with zero attached hydrogens (tertiary/aromatic N) is 2. The predicted molar refractivity (Wildman–Crippen MR) is 51.7 cm³/mol. The number of hydrogen-bond donors (Lipinski definition) is 1. The quantitative estimate of drug-likeness (QED) is 0.769. The highest BCUT2D eigenvalue weighted by Gasteiger charge is 2.45. The molecule has 1 atom stereocenters. The molecule has 0 saturated heterocycles. The SMILES string of the molecule is COCC(O)(c1cnn(C)c1)C1CC1. The van der Waals surface area contributed by atoms with Crippen LogP contribution < -0.4 is 0 Å². The molecular formula is C10H16N2O2. The van der Waals surface area contributed by atoms with Gasteiger partial charge in [0.15, 0.2) is 0 Å². The van der Waals surface area contributed by atoms with E-state index in [9.17, 15) is 5.11 Å². The Hall–Kier alpha value is -0.870. The van der Waals surface area contributed by atoms with E-state index in [2.05, 4.69) is 5.10 Å². The molecule has 0 spiro atoms. The van der Waals surface area contributed by atoms with Crippen LogP contribution in [-0.2, 0) is 17.4 Å². The second-order valence-electron chi connectivity index (χ2n) is 4.03. The van der Waals surface area contributed by atoms with Gasteiger partial charge in [0.1, 0.15) is 5.60 Å². The van der Waals surface area contributed by atoms with Crippen LogP contribution in [0.25, 0.3) is 0 Å². The van der Waals surface area contributed by atoms with Crippen molar-refractivity contribution in [1.29, 1.82) is 0 Å². The summed E-state index contributed by atoms with van der Waals surface area (Å²) in [7, 11) is 3.47. The molecule has 0 radical (unpaired) electrons. The van der Waals surface area contributed by atoms with Crippen molar-refractivity contribution in [3.63, 3.8) is 0 Å². The van der Waals surface area contributed by atoms with Crippen LogP contribution in [0, 0.1) is 5.92 Å². The van der Waals surface area contributed by atoms with Crippen LogP contribution in [0.2, 0.25) is 0 Å². The normalized spacial score (nSPS) is 20.8. The van der Waals surface area contributed by atoms with Crippen LogP contribution >= 0.6 is 0 Å². The molecule has 1 aliphatic carbocycles. The highest BCUT2D eigenvalue weighted by atomic mass is 16.5. The molecule has 0 aromatic carbocycles. The molecule has 0 amide bonds. The van der Waals surface area contributed by atoms with Gasteiger partial charge in [0.25, 0.3) is 0 Å². The Kier molecular flexibility index (Phi) is 2.33. The lowest BCUT2D eigenvalue weighted by Gasteiger charge is -2.25. The zero-order chi connectivity index (χ0) is 10.2. The zero-order valence-corrected chi connectivity index (χ0v) is 8.60.